The van der Waals surface area contributed by atoms with E-state index in [-0.39, 0.29) is 30.1 Å². The van der Waals surface area contributed by atoms with E-state index in [9.17, 15) is 0 Å². The van der Waals surface area contributed by atoms with E-state index in [1.165, 1.54) is 32.2 Å². The number of ether oxygens (including phenoxy) is 1. The molecule has 0 bridgehead atoms. The van der Waals surface area contributed by atoms with Gasteiger partial charge in [-0.2, -0.15) is 0 Å². The zero-order chi connectivity index (χ0) is 15.1. The molecule has 130 valence electrons. The molecule has 0 radical (unpaired) electrons. The molecule has 0 aliphatic carbocycles. The first-order valence-corrected chi connectivity index (χ1v) is 8.56. The third-order valence-corrected chi connectivity index (χ3v) is 4.90. The van der Waals surface area contributed by atoms with E-state index in [4.69, 9.17) is 4.74 Å². The minimum absolute atomic E-state index is 0. The molecule has 0 aromatic rings. The maximum absolute atomic E-state index is 5.97. The summed E-state index contributed by atoms with van der Waals surface area (Å²) in [7, 11) is 1.83. The number of halogens is 1. The third kappa shape index (κ3) is 5.85. The molecule has 2 heterocycles. The SMILES string of the molecule is CCC(CC)CNC(=NC)NCC1CN2CCCC2CO1.I. The number of nitrogens with one attached hydrogen (secondary N) is 2. The molecular weight excluding hydrogens is 391 g/mol. The van der Waals surface area contributed by atoms with Gasteiger partial charge in [-0.1, -0.05) is 26.7 Å². The van der Waals surface area contributed by atoms with Crippen molar-refractivity contribution < 1.29 is 4.74 Å². The van der Waals surface area contributed by atoms with Crippen molar-refractivity contribution in [3.63, 3.8) is 0 Å². The molecule has 2 aliphatic heterocycles. The molecule has 2 aliphatic rings. The zero-order valence-electron chi connectivity index (χ0n) is 14.3. The van der Waals surface area contributed by atoms with Crippen LogP contribution in [0.1, 0.15) is 39.5 Å². The number of guanidine groups is 1. The smallest absolute Gasteiger partial charge is 0.191 e. The highest BCUT2D eigenvalue weighted by atomic mass is 127. The van der Waals surface area contributed by atoms with Gasteiger partial charge in [0.1, 0.15) is 0 Å². The van der Waals surface area contributed by atoms with Gasteiger partial charge in [-0.3, -0.25) is 9.89 Å². The van der Waals surface area contributed by atoms with Crippen LogP contribution in [0.4, 0.5) is 0 Å². The van der Waals surface area contributed by atoms with E-state index < -0.39 is 0 Å². The predicted molar refractivity (Wildman–Crippen MR) is 103 cm³/mol. The summed E-state index contributed by atoms with van der Waals surface area (Å²) in [5.41, 5.74) is 0. The highest BCUT2D eigenvalue weighted by molar-refractivity contribution is 14.0. The van der Waals surface area contributed by atoms with Crippen molar-refractivity contribution in [3.05, 3.63) is 0 Å². The minimum Gasteiger partial charge on any atom is -0.373 e. The van der Waals surface area contributed by atoms with E-state index in [2.05, 4.69) is 34.4 Å². The molecule has 2 atom stereocenters. The standard InChI is InChI=1S/C16H32N4O.HI/c1-4-13(5-2)9-18-16(17-3)19-10-15-11-20-8-6-7-14(20)12-21-15;/h13-15H,4-12H2,1-3H3,(H2,17,18,19);1H. The molecule has 6 heteroatoms. The Kier molecular flexibility index (Phi) is 9.66. The number of nitrogens with zero attached hydrogens (tertiary/aromatic N) is 2. The predicted octanol–water partition coefficient (Wildman–Crippen LogP) is 2.07. The Hall–Kier alpha value is -0.0800. The van der Waals surface area contributed by atoms with Gasteiger partial charge >= 0.3 is 0 Å². The number of hydrogen-bond acceptors (Lipinski definition) is 3. The van der Waals surface area contributed by atoms with Crippen LogP contribution in [0.25, 0.3) is 0 Å². The number of morpholine rings is 1. The molecule has 0 saturated carbocycles. The van der Waals surface area contributed by atoms with Gasteiger partial charge < -0.3 is 15.4 Å². The highest BCUT2D eigenvalue weighted by Crippen LogP contribution is 2.22. The van der Waals surface area contributed by atoms with Crippen molar-refractivity contribution in [1.82, 2.24) is 15.5 Å². The lowest BCUT2D eigenvalue weighted by molar-refractivity contribution is -0.0453. The number of aliphatic imine (C=N–C) groups is 1. The van der Waals surface area contributed by atoms with Crippen LogP contribution in [0.5, 0.6) is 0 Å². The Bertz CT molecular complexity index is 336. The summed E-state index contributed by atoms with van der Waals surface area (Å²) in [4.78, 5) is 6.88. The van der Waals surface area contributed by atoms with Crippen LogP contribution in [0.2, 0.25) is 0 Å². The molecule has 2 rings (SSSR count). The van der Waals surface area contributed by atoms with E-state index in [0.29, 0.717) is 6.04 Å². The van der Waals surface area contributed by atoms with Crippen molar-refractivity contribution in [2.75, 3.05) is 39.8 Å². The maximum atomic E-state index is 5.97. The van der Waals surface area contributed by atoms with Crippen LogP contribution >= 0.6 is 24.0 Å². The van der Waals surface area contributed by atoms with Crippen molar-refractivity contribution in [2.24, 2.45) is 10.9 Å². The van der Waals surface area contributed by atoms with Gasteiger partial charge in [0.2, 0.25) is 0 Å². The second-order valence-electron chi connectivity index (χ2n) is 6.26. The van der Waals surface area contributed by atoms with Crippen molar-refractivity contribution in [2.45, 2.75) is 51.7 Å². The second-order valence-corrected chi connectivity index (χ2v) is 6.26. The zero-order valence-corrected chi connectivity index (χ0v) is 16.6. The van der Waals surface area contributed by atoms with Gasteiger partial charge in [-0.25, -0.2) is 0 Å². The highest BCUT2D eigenvalue weighted by Gasteiger charge is 2.32. The molecule has 0 amide bonds. The summed E-state index contributed by atoms with van der Waals surface area (Å²) >= 11 is 0. The molecule has 5 nitrogen and oxygen atoms in total. The average Bonchev–Trinajstić information content (AvgIpc) is 2.98. The Labute approximate surface area is 152 Å². The molecule has 2 fully saturated rings. The van der Waals surface area contributed by atoms with E-state index >= 15 is 0 Å². The molecule has 2 N–H and O–H groups in total. The summed E-state index contributed by atoms with van der Waals surface area (Å²) in [5, 5.41) is 6.84. The van der Waals surface area contributed by atoms with Crippen LogP contribution in [-0.4, -0.2) is 62.8 Å². The minimum atomic E-state index is 0. The average molecular weight is 424 g/mol. The lowest BCUT2D eigenvalue weighted by Gasteiger charge is -2.35. The third-order valence-electron chi connectivity index (χ3n) is 4.90. The van der Waals surface area contributed by atoms with Gasteiger partial charge in [0.15, 0.2) is 5.96 Å². The van der Waals surface area contributed by atoms with Crippen LogP contribution in [0, 0.1) is 5.92 Å². The second kappa shape index (κ2) is 10.6. The van der Waals surface area contributed by atoms with Gasteiger partial charge in [0.25, 0.3) is 0 Å². The largest absolute Gasteiger partial charge is 0.373 e. The Morgan fingerprint density at radius 1 is 1.32 bits per heavy atom. The molecule has 0 aromatic carbocycles. The topological polar surface area (TPSA) is 48.9 Å². The number of fused-ring (bicyclic) bond motifs is 1. The number of rotatable bonds is 6. The van der Waals surface area contributed by atoms with Gasteiger partial charge in [-0.05, 0) is 25.3 Å². The van der Waals surface area contributed by atoms with Crippen LogP contribution in [0.15, 0.2) is 4.99 Å². The fourth-order valence-corrected chi connectivity index (χ4v) is 3.26. The van der Waals surface area contributed by atoms with E-state index in [1.54, 1.807) is 0 Å². The summed E-state index contributed by atoms with van der Waals surface area (Å²) in [6, 6.07) is 0.675. The molecule has 2 unspecified atom stereocenters. The lowest BCUT2D eigenvalue weighted by atomic mass is 10.0. The van der Waals surface area contributed by atoms with Crippen molar-refractivity contribution in [3.8, 4) is 0 Å². The molecular formula is C16H33IN4O. The van der Waals surface area contributed by atoms with Crippen LogP contribution < -0.4 is 10.6 Å². The fourth-order valence-electron chi connectivity index (χ4n) is 3.26. The quantitative estimate of drug-likeness (QED) is 0.390. The van der Waals surface area contributed by atoms with Gasteiger partial charge in [-0.15, -0.1) is 24.0 Å². The van der Waals surface area contributed by atoms with E-state index in [0.717, 1.165) is 38.1 Å². The Morgan fingerprint density at radius 3 is 2.77 bits per heavy atom. The van der Waals surface area contributed by atoms with E-state index in [1.807, 2.05) is 7.05 Å². The Morgan fingerprint density at radius 2 is 2.09 bits per heavy atom. The van der Waals surface area contributed by atoms with Crippen LogP contribution in [-0.2, 0) is 4.74 Å². The van der Waals surface area contributed by atoms with Gasteiger partial charge in [0, 0.05) is 32.7 Å². The van der Waals surface area contributed by atoms with Crippen LogP contribution in [0.3, 0.4) is 0 Å². The Balaban J connectivity index is 0.00000242. The molecule has 0 spiro atoms. The van der Waals surface area contributed by atoms with Crippen molar-refractivity contribution >= 4 is 29.9 Å². The normalized spacial score (nSPS) is 25.7. The molecule has 22 heavy (non-hydrogen) atoms. The summed E-state index contributed by atoms with van der Waals surface area (Å²) in [5.74, 6) is 1.62. The summed E-state index contributed by atoms with van der Waals surface area (Å²) in [6.45, 7) is 9.51. The van der Waals surface area contributed by atoms with Crippen molar-refractivity contribution in [1.29, 1.82) is 0 Å². The monoisotopic (exact) mass is 424 g/mol. The fraction of sp³-hybridized carbons (Fsp3) is 0.938. The maximum Gasteiger partial charge on any atom is 0.191 e. The number of hydrogen-bond donors (Lipinski definition) is 2. The lowest BCUT2D eigenvalue weighted by Crippen LogP contribution is -2.51. The first kappa shape index (κ1) is 20.0. The first-order valence-electron chi connectivity index (χ1n) is 8.56. The molecule has 2 saturated heterocycles. The molecule has 0 aromatic heterocycles. The summed E-state index contributed by atoms with van der Waals surface area (Å²) in [6.07, 6.45) is 5.34. The first-order chi connectivity index (χ1) is 10.3. The summed E-state index contributed by atoms with van der Waals surface area (Å²) < 4.78 is 5.97. The van der Waals surface area contributed by atoms with Gasteiger partial charge in [0.05, 0.1) is 12.7 Å².